The topological polar surface area (TPSA) is 43.8 Å². The SMILES string of the molecule is NC(=S)c1cnn(CC(F)(F)F)c1-c1ccc(F)cc1. The third kappa shape index (κ3) is 3.13. The Morgan fingerprint density at radius 3 is 2.35 bits per heavy atom. The summed E-state index contributed by atoms with van der Waals surface area (Å²) in [6.07, 6.45) is -3.26. The Balaban J connectivity index is 2.55. The molecule has 1 heterocycles. The molecule has 0 saturated carbocycles. The summed E-state index contributed by atoms with van der Waals surface area (Å²) in [6.45, 7) is -1.28. The first-order valence-corrected chi connectivity index (χ1v) is 5.87. The van der Waals surface area contributed by atoms with Crippen molar-refractivity contribution in [3.8, 4) is 11.3 Å². The van der Waals surface area contributed by atoms with E-state index in [2.05, 4.69) is 5.10 Å². The maximum Gasteiger partial charge on any atom is 0.408 e. The van der Waals surface area contributed by atoms with E-state index in [-0.39, 0.29) is 16.2 Å². The zero-order chi connectivity index (χ0) is 14.9. The summed E-state index contributed by atoms with van der Waals surface area (Å²) < 4.78 is 51.2. The second-order valence-corrected chi connectivity index (χ2v) is 4.49. The van der Waals surface area contributed by atoms with Crippen molar-refractivity contribution < 1.29 is 17.6 Å². The minimum absolute atomic E-state index is 0.0715. The van der Waals surface area contributed by atoms with E-state index >= 15 is 0 Å². The molecule has 3 nitrogen and oxygen atoms in total. The van der Waals surface area contributed by atoms with Gasteiger partial charge >= 0.3 is 6.18 Å². The lowest BCUT2D eigenvalue weighted by Crippen LogP contribution is -2.20. The zero-order valence-corrected chi connectivity index (χ0v) is 10.8. The van der Waals surface area contributed by atoms with Gasteiger partial charge in [0.2, 0.25) is 0 Å². The van der Waals surface area contributed by atoms with Crippen molar-refractivity contribution in [1.29, 1.82) is 0 Å². The summed E-state index contributed by atoms with van der Waals surface area (Å²) in [5, 5.41) is 3.66. The van der Waals surface area contributed by atoms with Crippen molar-refractivity contribution in [3.05, 3.63) is 41.8 Å². The van der Waals surface area contributed by atoms with Gasteiger partial charge in [-0.05, 0) is 24.3 Å². The molecule has 1 aromatic heterocycles. The monoisotopic (exact) mass is 303 g/mol. The minimum Gasteiger partial charge on any atom is -0.389 e. The molecular formula is C12H9F4N3S. The molecule has 0 fully saturated rings. The van der Waals surface area contributed by atoms with Gasteiger partial charge in [0.15, 0.2) is 0 Å². The number of nitrogens with two attached hydrogens (primary N) is 1. The molecule has 0 aliphatic heterocycles. The van der Waals surface area contributed by atoms with E-state index in [4.69, 9.17) is 18.0 Å². The van der Waals surface area contributed by atoms with Crippen LogP contribution in [0.15, 0.2) is 30.5 Å². The van der Waals surface area contributed by atoms with E-state index < -0.39 is 18.5 Å². The Labute approximate surface area is 117 Å². The Hall–Kier alpha value is -1.96. The molecule has 0 saturated heterocycles. The molecule has 2 rings (SSSR count). The summed E-state index contributed by atoms with van der Waals surface area (Å²) in [5.41, 5.74) is 6.18. The Kier molecular flexibility index (Phi) is 3.76. The van der Waals surface area contributed by atoms with Gasteiger partial charge < -0.3 is 5.73 Å². The molecular weight excluding hydrogens is 294 g/mol. The highest BCUT2D eigenvalue weighted by atomic mass is 32.1. The van der Waals surface area contributed by atoms with Crippen LogP contribution in [-0.2, 0) is 6.54 Å². The average Bonchev–Trinajstić information content (AvgIpc) is 2.71. The van der Waals surface area contributed by atoms with Gasteiger partial charge in [-0.3, -0.25) is 4.68 Å². The van der Waals surface area contributed by atoms with Gasteiger partial charge in [-0.2, -0.15) is 18.3 Å². The first-order chi connectivity index (χ1) is 9.28. The normalized spacial score (nSPS) is 11.6. The highest BCUT2D eigenvalue weighted by Gasteiger charge is 2.30. The van der Waals surface area contributed by atoms with Crippen LogP contribution in [0.4, 0.5) is 17.6 Å². The molecule has 2 N–H and O–H groups in total. The van der Waals surface area contributed by atoms with Crippen LogP contribution < -0.4 is 5.73 Å². The molecule has 2 aromatic rings. The number of thiocarbonyl (C=S) groups is 1. The maximum absolute atomic E-state index is 12.9. The molecule has 0 unspecified atom stereocenters. The van der Waals surface area contributed by atoms with Gasteiger partial charge in [0, 0.05) is 5.56 Å². The number of hydrogen-bond donors (Lipinski definition) is 1. The molecule has 0 aliphatic rings. The summed E-state index contributed by atoms with van der Waals surface area (Å²) in [4.78, 5) is -0.0715. The van der Waals surface area contributed by atoms with Crippen LogP contribution >= 0.6 is 12.2 Å². The second-order valence-electron chi connectivity index (χ2n) is 4.05. The van der Waals surface area contributed by atoms with Gasteiger partial charge in [-0.1, -0.05) is 12.2 Å². The van der Waals surface area contributed by atoms with Gasteiger partial charge in [-0.25, -0.2) is 4.39 Å². The van der Waals surface area contributed by atoms with Crippen molar-refractivity contribution >= 4 is 17.2 Å². The number of alkyl halides is 3. The standard InChI is InChI=1S/C12H9F4N3S/c13-8-3-1-7(2-4-8)10-9(11(17)20)5-18-19(10)6-12(14,15)16/h1-5H,6H2,(H2,17,20). The number of benzene rings is 1. The summed E-state index contributed by atoms with van der Waals surface area (Å²) in [7, 11) is 0. The number of rotatable bonds is 3. The number of hydrogen-bond acceptors (Lipinski definition) is 2. The smallest absolute Gasteiger partial charge is 0.389 e. The zero-order valence-electron chi connectivity index (χ0n) is 9.99. The highest BCUT2D eigenvalue weighted by Crippen LogP contribution is 2.27. The highest BCUT2D eigenvalue weighted by molar-refractivity contribution is 7.80. The molecule has 8 heteroatoms. The van der Waals surface area contributed by atoms with Crippen molar-refractivity contribution in [3.63, 3.8) is 0 Å². The fourth-order valence-electron chi connectivity index (χ4n) is 1.77. The molecule has 20 heavy (non-hydrogen) atoms. The molecule has 0 atom stereocenters. The van der Waals surface area contributed by atoms with E-state index in [1.54, 1.807) is 0 Å². The van der Waals surface area contributed by atoms with Gasteiger partial charge in [-0.15, -0.1) is 0 Å². The van der Waals surface area contributed by atoms with Crippen LogP contribution in [0.25, 0.3) is 11.3 Å². The second kappa shape index (κ2) is 5.20. The van der Waals surface area contributed by atoms with Gasteiger partial charge in [0.05, 0.1) is 17.5 Å². The van der Waals surface area contributed by atoms with Gasteiger partial charge in [0.25, 0.3) is 0 Å². The van der Waals surface area contributed by atoms with E-state index in [1.807, 2.05) is 0 Å². The van der Waals surface area contributed by atoms with Crippen LogP contribution in [0.2, 0.25) is 0 Å². The maximum atomic E-state index is 12.9. The number of aromatic nitrogens is 2. The molecule has 0 radical (unpaired) electrons. The summed E-state index contributed by atoms with van der Waals surface area (Å²) in [5.74, 6) is -0.493. The van der Waals surface area contributed by atoms with Crippen LogP contribution in [-0.4, -0.2) is 20.9 Å². The molecule has 106 valence electrons. The van der Waals surface area contributed by atoms with Gasteiger partial charge in [0.1, 0.15) is 17.4 Å². The molecule has 0 spiro atoms. The largest absolute Gasteiger partial charge is 0.408 e. The Bertz CT molecular complexity index is 631. The van der Waals surface area contributed by atoms with Crippen molar-refractivity contribution in [2.45, 2.75) is 12.7 Å². The predicted octanol–water partition coefficient (Wildman–Crippen LogP) is 2.89. The lowest BCUT2D eigenvalue weighted by molar-refractivity contribution is -0.142. The first kappa shape index (κ1) is 14.4. The minimum atomic E-state index is -4.44. The van der Waals surface area contributed by atoms with Crippen LogP contribution in [0, 0.1) is 5.82 Å². The lowest BCUT2D eigenvalue weighted by atomic mass is 10.1. The average molecular weight is 303 g/mol. The third-order valence-corrected chi connectivity index (χ3v) is 2.77. The number of nitrogens with zero attached hydrogens (tertiary/aromatic N) is 2. The van der Waals surface area contributed by atoms with Crippen LogP contribution in [0.3, 0.4) is 0 Å². The Morgan fingerprint density at radius 2 is 1.85 bits per heavy atom. The van der Waals surface area contributed by atoms with E-state index in [0.717, 1.165) is 16.8 Å². The van der Waals surface area contributed by atoms with E-state index in [0.29, 0.717) is 5.56 Å². The molecule has 1 aromatic carbocycles. The first-order valence-electron chi connectivity index (χ1n) is 5.46. The fourth-order valence-corrected chi connectivity index (χ4v) is 1.92. The van der Waals surface area contributed by atoms with Crippen LogP contribution in [0.1, 0.15) is 5.56 Å². The summed E-state index contributed by atoms with van der Waals surface area (Å²) in [6, 6.07) is 4.98. The Morgan fingerprint density at radius 1 is 1.25 bits per heavy atom. The lowest BCUT2D eigenvalue weighted by Gasteiger charge is -2.11. The predicted molar refractivity (Wildman–Crippen MR) is 69.6 cm³/mol. The van der Waals surface area contributed by atoms with Crippen LogP contribution in [0.5, 0.6) is 0 Å². The molecule has 0 amide bonds. The van der Waals surface area contributed by atoms with Crippen molar-refractivity contribution in [1.82, 2.24) is 9.78 Å². The van der Waals surface area contributed by atoms with Crippen molar-refractivity contribution in [2.24, 2.45) is 5.73 Å². The molecule has 0 bridgehead atoms. The fraction of sp³-hybridized carbons (Fsp3) is 0.167. The summed E-state index contributed by atoms with van der Waals surface area (Å²) >= 11 is 4.80. The quantitative estimate of drug-likeness (QED) is 0.700. The van der Waals surface area contributed by atoms with Crippen molar-refractivity contribution in [2.75, 3.05) is 0 Å². The molecule has 0 aliphatic carbocycles. The van der Waals surface area contributed by atoms with E-state index in [1.165, 1.54) is 18.3 Å². The number of halogens is 4. The third-order valence-electron chi connectivity index (χ3n) is 2.55. The van der Waals surface area contributed by atoms with E-state index in [9.17, 15) is 17.6 Å².